The molecule has 3 rings (SSSR count). The monoisotopic (exact) mass is 354 g/mol. The average Bonchev–Trinajstić information content (AvgIpc) is 3.11. The quantitative estimate of drug-likeness (QED) is 0.543. The Morgan fingerprint density at radius 3 is 2.38 bits per heavy atom. The zero-order valence-electron chi connectivity index (χ0n) is 14.6. The van der Waals surface area contributed by atoms with E-state index in [2.05, 4.69) is 10.5 Å². The lowest BCUT2D eigenvalue weighted by molar-refractivity contribution is 0.0929. The smallest absolute Gasteiger partial charge is 0.307 e. The summed E-state index contributed by atoms with van der Waals surface area (Å²) in [6.07, 6.45) is 1.46. The standard InChI is InChI=1S/C19H18N2O5/c1-23-15-10-17(25-3)16(24-2)9-13(15)11-20-21-19(22)18-8-12-6-4-5-7-14(12)26-18/h4-11H,1-3H3,(H,21,22)/b20-11+. The van der Waals surface area contributed by atoms with Gasteiger partial charge in [0.25, 0.3) is 0 Å². The van der Waals surface area contributed by atoms with Crippen LogP contribution < -0.4 is 19.6 Å². The number of fused-ring (bicyclic) bond motifs is 1. The second kappa shape index (κ2) is 7.60. The van der Waals surface area contributed by atoms with Crippen LogP contribution in [0.15, 0.2) is 52.0 Å². The molecule has 0 bridgehead atoms. The molecule has 0 radical (unpaired) electrons. The Labute approximate surface area is 150 Å². The molecule has 3 aromatic rings. The van der Waals surface area contributed by atoms with Crippen molar-refractivity contribution >= 4 is 23.1 Å². The summed E-state index contributed by atoms with van der Waals surface area (Å²) in [5, 5.41) is 4.82. The highest BCUT2D eigenvalue weighted by Gasteiger charge is 2.12. The van der Waals surface area contributed by atoms with Gasteiger partial charge in [-0.25, -0.2) is 5.43 Å². The first-order chi connectivity index (χ1) is 12.7. The van der Waals surface area contributed by atoms with Crippen molar-refractivity contribution in [2.75, 3.05) is 21.3 Å². The van der Waals surface area contributed by atoms with E-state index in [4.69, 9.17) is 18.6 Å². The first kappa shape index (κ1) is 17.3. The van der Waals surface area contributed by atoms with Crippen molar-refractivity contribution in [1.82, 2.24) is 5.43 Å². The number of benzene rings is 2. The Morgan fingerprint density at radius 2 is 1.69 bits per heavy atom. The zero-order valence-corrected chi connectivity index (χ0v) is 14.6. The number of methoxy groups -OCH3 is 3. The van der Waals surface area contributed by atoms with Crippen LogP contribution in [0.3, 0.4) is 0 Å². The number of ether oxygens (including phenoxy) is 3. The Kier molecular flexibility index (Phi) is 5.07. The lowest BCUT2D eigenvalue weighted by Gasteiger charge is -2.11. The molecule has 1 heterocycles. The molecule has 2 aromatic carbocycles. The van der Waals surface area contributed by atoms with Crippen molar-refractivity contribution in [2.24, 2.45) is 5.10 Å². The first-order valence-electron chi connectivity index (χ1n) is 7.78. The third-order valence-corrected chi connectivity index (χ3v) is 3.75. The molecule has 0 aliphatic rings. The minimum Gasteiger partial charge on any atom is -0.496 e. The molecule has 134 valence electrons. The molecule has 1 N–H and O–H groups in total. The number of hydrogen-bond donors (Lipinski definition) is 1. The number of rotatable bonds is 6. The maximum absolute atomic E-state index is 12.2. The van der Waals surface area contributed by atoms with E-state index in [-0.39, 0.29) is 5.76 Å². The number of hydrazone groups is 1. The minimum atomic E-state index is -0.447. The summed E-state index contributed by atoms with van der Waals surface area (Å²) < 4.78 is 21.3. The summed E-state index contributed by atoms with van der Waals surface area (Å²) in [7, 11) is 4.61. The van der Waals surface area contributed by atoms with E-state index in [1.165, 1.54) is 20.4 Å². The number of furan rings is 1. The normalized spacial score (nSPS) is 10.9. The van der Waals surface area contributed by atoms with Gasteiger partial charge in [0.1, 0.15) is 11.3 Å². The molecule has 1 aromatic heterocycles. The van der Waals surface area contributed by atoms with Gasteiger partial charge in [-0.1, -0.05) is 18.2 Å². The Bertz CT molecular complexity index is 929. The van der Waals surface area contributed by atoms with Crippen LogP contribution in [0.2, 0.25) is 0 Å². The molecule has 0 atom stereocenters. The molecule has 0 saturated carbocycles. The molecular weight excluding hydrogens is 336 g/mol. The third-order valence-electron chi connectivity index (χ3n) is 3.75. The number of hydrogen-bond acceptors (Lipinski definition) is 6. The van der Waals surface area contributed by atoms with Crippen LogP contribution in [0.5, 0.6) is 17.2 Å². The van der Waals surface area contributed by atoms with Crippen molar-refractivity contribution in [3.8, 4) is 17.2 Å². The van der Waals surface area contributed by atoms with E-state index in [1.807, 2.05) is 18.2 Å². The molecule has 0 spiro atoms. The lowest BCUT2D eigenvalue weighted by atomic mass is 10.2. The predicted octanol–water partition coefficient (Wildman–Crippen LogP) is 3.22. The van der Waals surface area contributed by atoms with Gasteiger partial charge in [0, 0.05) is 17.0 Å². The van der Waals surface area contributed by atoms with Crippen molar-refractivity contribution < 1.29 is 23.4 Å². The van der Waals surface area contributed by atoms with E-state index in [1.54, 1.807) is 31.4 Å². The summed E-state index contributed by atoms with van der Waals surface area (Å²) in [6, 6.07) is 12.4. The van der Waals surface area contributed by atoms with Crippen LogP contribution in [-0.4, -0.2) is 33.5 Å². The van der Waals surface area contributed by atoms with Crippen molar-refractivity contribution in [3.63, 3.8) is 0 Å². The van der Waals surface area contributed by atoms with Gasteiger partial charge in [-0.15, -0.1) is 0 Å². The summed E-state index contributed by atoms with van der Waals surface area (Å²) >= 11 is 0. The molecule has 0 unspecified atom stereocenters. The number of nitrogens with one attached hydrogen (secondary N) is 1. The van der Waals surface area contributed by atoms with Crippen molar-refractivity contribution in [1.29, 1.82) is 0 Å². The van der Waals surface area contributed by atoms with Gasteiger partial charge in [-0.05, 0) is 18.2 Å². The number of amides is 1. The number of carbonyl (C=O) groups excluding carboxylic acids is 1. The first-order valence-corrected chi connectivity index (χ1v) is 7.78. The Morgan fingerprint density at radius 1 is 1.00 bits per heavy atom. The molecule has 7 nitrogen and oxygen atoms in total. The van der Waals surface area contributed by atoms with Crippen molar-refractivity contribution in [3.05, 3.63) is 53.8 Å². The van der Waals surface area contributed by atoms with Crippen LogP contribution in [0, 0.1) is 0 Å². The average molecular weight is 354 g/mol. The van der Waals surface area contributed by atoms with Crippen LogP contribution in [0.1, 0.15) is 16.1 Å². The van der Waals surface area contributed by atoms with Crippen LogP contribution >= 0.6 is 0 Å². The van der Waals surface area contributed by atoms with Gasteiger partial charge in [-0.3, -0.25) is 4.79 Å². The maximum Gasteiger partial charge on any atom is 0.307 e. The summed E-state index contributed by atoms with van der Waals surface area (Å²) in [4.78, 5) is 12.2. The van der Waals surface area contributed by atoms with Crippen molar-refractivity contribution in [2.45, 2.75) is 0 Å². The second-order valence-corrected chi connectivity index (χ2v) is 5.30. The SMILES string of the molecule is COc1cc(OC)c(OC)cc1/C=N/NC(=O)c1cc2ccccc2o1. The minimum absolute atomic E-state index is 0.183. The molecule has 1 amide bonds. The summed E-state index contributed by atoms with van der Waals surface area (Å²) in [6.45, 7) is 0. The van der Waals surface area contributed by atoms with E-state index < -0.39 is 5.91 Å². The van der Waals surface area contributed by atoms with Crippen LogP contribution in [-0.2, 0) is 0 Å². The molecule has 7 heteroatoms. The summed E-state index contributed by atoms with van der Waals surface area (Å²) in [5.74, 6) is 1.33. The van der Waals surface area contributed by atoms with Crippen LogP contribution in [0.25, 0.3) is 11.0 Å². The fourth-order valence-electron chi connectivity index (χ4n) is 2.46. The van der Waals surface area contributed by atoms with Gasteiger partial charge in [0.2, 0.25) is 0 Å². The topological polar surface area (TPSA) is 82.3 Å². The maximum atomic E-state index is 12.2. The van der Waals surface area contributed by atoms with Gasteiger partial charge < -0.3 is 18.6 Å². The van der Waals surface area contributed by atoms with Gasteiger partial charge in [0.05, 0.1) is 27.5 Å². The number of carbonyl (C=O) groups is 1. The zero-order chi connectivity index (χ0) is 18.5. The highest BCUT2D eigenvalue weighted by Crippen LogP contribution is 2.33. The molecule has 0 saturated heterocycles. The van der Waals surface area contributed by atoms with Gasteiger partial charge >= 0.3 is 5.91 Å². The largest absolute Gasteiger partial charge is 0.496 e. The number of nitrogens with zero attached hydrogens (tertiary/aromatic N) is 1. The van der Waals surface area contributed by atoms with Gasteiger partial charge in [0.15, 0.2) is 17.3 Å². The van der Waals surface area contributed by atoms with E-state index in [0.29, 0.717) is 28.4 Å². The van der Waals surface area contributed by atoms with E-state index in [9.17, 15) is 4.79 Å². The molecule has 26 heavy (non-hydrogen) atoms. The highest BCUT2D eigenvalue weighted by molar-refractivity contribution is 5.96. The third kappa shape index (κ3) is 3.46. The number of para-hydroxylation sites is 1. The summed E-state index contributed by atoms with van der Waals surface area (Å²) in [5.41, 5.74) is 3.70. The lowest BCUT2D eigenvalue weighted by Crippen LogP contribution is -2.16. The molecular formula is C19H18N2O5. The Balaban J connectivity index is 1.78. The van der Waals surface area contributed by atoms with Crippen LogP contribution in [0.4, 0.5) is 0 Å². The fourth-order valence-corrected chi connectivity index (χ4v) is 2.46. The second-order valence-electron chi connectivity index (χ2n) is 5.30. The fraction of sp³-hybridized carbons (Fsp3) is 0.158. The van der Waals surface area contributed by atoms with Gasteiger partial charge in [-0.2, -0.15) is 5.10 Å². The Hall–Kier alpha value is -3.48. The molecule has 0 aliphatic heterocycles. The highest BCUT2D eigenvalue weighted by atomic mass is 16.5. The predicted molar refractivity (Wildman–Crippen MR) is 97.4 cm³/mol. The molecule has 0 aliphatic carbocycles. The molecule has 0 fully saturated rings. The van der Waals surface area contributed by atoms with E-state index >= 15 is 0 Å². The van der Waals surface area contributed by atoms with E-state index in [0.717, 1.165) is 5.39 Å².